The van der Waals surface area contributed by atoms with Crippen molar-refractivity contribution in [3.05, 3.63) is 34.6 Å². The van der Waals surface area contributed by atoms with Gasteiger partial charge in [0.15, 0.2) is 23.3 Å². The number of nitrogens with one attached hydrogen (secondary N) is 1. The van der Waals surface area contributed by atoms with E-state index >= 15 is 0 Å². The Labute approximate surface area is 115 Å². The molecule has 1 N–H and O–H groups in total. The van der Waals surface area contributed by atoms with Gasteiger partial charge in [0.25, 0.3) is 6.43 Å². The maximum Gasteiger partial charge on any atom is 0.258 e. The summed E-state index contributed by atoms with van der Waals surface area (Å²) in [6, 6.07) is -2.18. The predicted octanol–water partition coefficient (Wildman–Crippen LogP) is 2.59. The van der Waals surface area contributed by atoms with Gasteiger partial charge in [-0.3, -0.25) is 4.90 Å². The van der Waals surface area contributed by atoms with E-state index < -0.39 is 47.1 Å². The van der Waals surface area contributed by atoms with E-state index in [2.05, 4.69) is 5.32 Å². The quantitative estimate of drug-likeness (QED) is 0.524. The molecule has 1 aliphatic rings. The highest BCUT2D eigenvalue weighted by Crippen LogP contribution is 2.34. The maximum absolute atomic E-state index is 13.7. The molecule has 0 aromatic heterocycles. The van der Waals surface area contributed by atoms with Gasteiger partial charge in [-0.1, -0.05) is 0 Å². The number of halogens is 7. The molecule has 21 heavy (non-hydrogen) atoms. The summed E-state index contributed by atoms with van der Waals surface area (Å²) in [7, 11) is 0. The molecule has 1 saturated heterocycles. The third kappa shape index (κ3) is 2.84. The molecule has 0 aliphatic carbocycles. The van der Waals surface area contributed by atoms with Gasteiger partial charge in [-0.25, -0.2) is 30.7 Å². The second-order valence-corrected chi connectivity index (χ2v) is 4.55. The Kier molecular flexibility index (Phi) is 4.72. The van der Waals surface area contributed by atoms with Crippen LogP contribution in [0.4, 0.5) is 30.7 Å². The van der Waals surface area contributed by atoms with Crippen molar-refractivity contribution in [2.24, 2.45) is 0 Å². The lowest BCUT2D eigenvalue weighted by Crippen LogP contribution is -2.47. The van der Waals surface area contributed by atoms with Crippen molar-refractivity contribution in [2.45, 2.75) is 12.5 Å². The van der Waals surface area contributed by atoms with E-state index in [-0.39, 0.29) is 26.2 Å². The van der Waals surface area contributed by atoms with E-state index in [4.69, 9.17) is 0 Å². The van der Waals surface area contributed by atoms with Crippen LogP contribution in [-0.4, -0.2) is 37.5 Å². The SMILES string of the molecule is Fc1c(F)c(F)c([C@H](C(F)F)N2CCNCC2)c(F)c1F. The molecular weight excluding hydrogens is 305 g/mol. The first kappa shape index (κ1) is 16.0. The topological polar surface area (TPSA) is 15.3 Å². The van der Waals surface area contributed by atoms with Gasteiger partial charge in [0.1, 0.15) is 6.04 Å². The Bertz CT molecular complexity index is 500. The zero-order chi connectivity index (χ0) is 15.7. The molecule has 1 aromatic rings. The lowest BCUT2D eigenvalue weighted by Gasteiger charge is -2.34. The molecule has 0 bridgehead atoms. The third-order valence-corrected chi connectivity index (χ3v) is 3.32. The predicted molar refractivity (Wildman–Crippen MR) is 59.4 cm³/mol. The summed E-state index contributed by atoms with van der Waals surface area (Å²) in [4.78, 5) is 0.999. The van der Waals surface area contributed by atoms with Crippen molar-refractivity contribution in [2.75, 3.05) is 26.2 Å². The molecule has 0 radical (unpaired) electrons. The van der Waals surface area contributed by atoms with Crippen molar-refractivity contribution < 1.29 is 30.7 Å². The number of piperazine rings is 1. The van der Waals surface area contributed by atoms with E-state index in [0.29, 0.717) is 0 Å². The molecule has 0 saturated carbocycles. The van der Waals surface area contributed by atoms with E-state index in [1.54, 1.807) is 0 Å². The Balaban J connectivity index is 2.55. The van der Waals surface area contributed by atoms with Crippen molar-refractivity contribution >= 4 is 0 Å². The fraction of sp³-hybridized carbons (Fsp3) is 0.500. The van der Waals surface area contributed by atoms with Gasteiger partial charge in [-0.05, 0) is 0 Å². The summed E-state index contributed by atoms with van der Waals surface area (Å²) in [6.45, 7) is 0.570. The second kappa shape index (κ2) is 6.18. The summed E-state index contributed by atoms with van der Waals surface area (Å²) >= 11 is 0. The smallest absolute Gasteiger partial charge is 0.258 e. The lowest BCUT2D eigenvalue weighted by atomic mass is 10.0. The highest BCUT2D eigenvalue weighted by molar-refractivity contribution is 5.28. The van der Waals surface area contributed by atoms with Crippen LogP contribution in [-0.2, 0) is 0 Å². The summed E-state index contributed by atoms with van der Waals surface area (Å²) in [6.07, 6.45) is -3.30. The van der Waals surface area contributed by atoms with E-state index in [9.17, 15) is 30.7 Å². The Morgan fingerprint density at radius 2 is 1.19 bits per heavy atom. The van der Waals surface area contributed by atoms with Crippen molar-refractivity contribution in [1.82, 2.24) is 10.2 Å². The number of rotatable bonds is 3. The van der Waals surface area contributed by atoms with E-state index in [0.717, 1.165) is 4.90 Å². The fourth-order valence-corrected chi connectivity index (χ4v) is 2.31. The number of alkyl halides is 2. The number of hydrogen-bond donors (Lipinski definition) is 1. The van der Waals surface area contributed by atoms with Crippen LogP contribution in [0.15, 0.2) is 0 Å². The van der Waals surface area contributed by atoms with Gasteiger partial charge in [0.2, 0.25) is 5.82 Å². The molecule has 118 valence electrons. The Morgan fingerprint density at radius 1 is 0.762 bits per heavy atom. The molecule has 1 atom stereocenters. The fourth-order valence-electron chi connectivity index (χ4n) is 2.31. The maximum atomic E-state index is 13.7. The highest BCUT2D eigenvalue weighted by Gasteiger charge is 2.38. The first-order valence-corrected chi connectivity index (χ1v) is 6.10. The van der Waals surface area contributed by atoms with Crippen LogP contribution in [0.25, 0.3) is 0 Å². The minimum Gasteiger partial charge on any atom is -0.314 e. The van der Waals surface area contributed by atoms with Gasteiger partial charge < -0.3 is 5.32 Å². The molecule has 0 spiro atoms. The number of hydrogen-bond acceptors (Lipinski definition) is 2. The monoisotopic (exact) mass is 316 g/mol. The van der Waals surface area contributed by atoms with Gasteiger partial charge in [-0.15, -0.1) is 0 Å². The first-order valence-electron chi connectivity index (χ1n) is 6.10. The van der Waals surface area contributed by atoms with Gasteiger partial charge in [-0.2, -0.15) is 0 Å². The normalized spacial score (nSPS) is 18.3. The molecule has 1 aromatic carbocycles. The van der Waals surface area contributed by atoms with E-state index in [1.165, 1.54) is 0 Å². The summed E-state index contributed by atoms with van der Waals surface area (Å²) < 4.78 is 92.9. The van der Waals surface area contributed by atoms with Crippen molar-refractivity contribution in [3.8, 4) is 0 Å². The summed E-state index contributed by atoms with van der Waals surface area (Å²) in [5.74, 6) is -11.2. The zero-order valence-corrected chi connectivity index (χ0v) is 10.6. The highest BCUT2D eigenvalue weighted by atomic mass is 19.3. The van der Waals surface area contributed by atoms with Crippen LogP contribution < -0.4 is 5.32 Å². The molecule has 1 heterocycles. The van der Waals surface area contributed by atoms with Crippen LogP contribution in [0, 0.1) is 29.1 Å². The molecular formula is C12H11F7N2. The molecule has 2 rings (SSSR count). The van der Waals surface area contributed by atoms with Crippen LogP contribution in [0.3, 0.4) is 0 Å². The van der Waals surface area contributed by atoms with Crippen LogP contribution >= 0.6 is 0 Å². The molecule has 1 aliphatic heterocycles. The largest absolute Gasteiger partial charge is 0.314 e. The average molecular weight is 316 g/mol. The molecule has 9 heteroatoms. The average Bonchev–Trinajstić information content (AvgIpc) is 2.48. The molecule has 2 nitrogen and oxygen atoms in total. The molecule has 0 amide bonds. The Morgan fingerprint density at radius 3 is 1.62 bits per heavy atom. The zero-order valence-electron chi connectivity index (χ0n) is 10.6. The van der Waals surface area contributed by atoms with Crippen molar-refractivity contribution in [1.29, 1.82) is 0 Å². The van der Waals surface area contributed by atoms with E-state index in [1.807, 2.05) is 0 Å². The minimum atomic E-state index is -3.30. The summed E-state index contributed by atoms with van der Waals surface area (Å²) in [5, 5.41) is 2.84. The Hall–Kier alpha value is -1.35. The molecule has 0 unspecified atom stereocenters. The van der Waals surface area contributed by atoms with Crippen molar-refractivity contribution in [3.63, 3.8) is 0 Å². The minimum absolute atomic E-state index is 0.00843. The first-order chi connectivity index (χ1) is 9.86. The summed E-state index contributed by atoms with van der Waals surface area (Å²) in [5.41, 5.74) is -1.48. The third-order valence-electron chi connectivity index (χ3n) is 3.32. The second-order valence-electron chi connectivity index (χ2n) is 4.55. The van der Waals surface area contributed by atoms with Crippen LogP contribution in [0.2, 0.25) is 0 Å². The lowest BCUT2D eigenvalue weighted by molar-refractivity contribution is 0.0136. The van der Waals surface area contributed by atoms with Gasteiger partial charge in [0.05, 0.1) is 5.56 Å². The van der Waals surface area contributed by atoms with Crippen LogP contribution in [0.5, 0.6) is 0 Å². The van der Waals surface area contributed by atoms with Gasteiger partial charge >= 0.3 is 0 Å². The number of nitrogens with zero attached hydrogens (tertiary/aromatic N) is 1. The van der Waals surface area contributed by atoms with Gasteiger partial charge in [0, 0.05) is 26.2 Å². The van der Waals surface area contributed by atoms with Crippen LogP contribution in [0.1, 0.15) is 11.6 Å². The number of benzene rings is 1. The molecule has 1 fully saturated rings. The standard InChI is InChI=1S/C12H11F7N2/c13-6-5(7(14)9(16)10(17)8(6)15)11(12(18)19)21-3-1-20-2-4-21/h11-12,20H,1-4H2/t11-/m1/s1.